The highest BCUT2D eigenvalue weighted by Crippen LogP contribution is 2.69. The lowest BCUT2D eigenvalue weighted by Gasteiger charge is -2.55. The van der Waals surface area contributed by atoms with Gasteiger partial charge in [0.1, 0.15) is 0 Å². The average molecular weight is 657 g/mol. The van der Waals surface area contributed by atoms with Gasteiger partial charge in [-0.25, -0.2) is 0 Å². The molecule has 32 heavy (non-hydrogen) atoms. The second kappa shape index (κ2) is 9.51. The molecule has 0 bridgehead atoms. The number of hydrogen-bond donors (Lipinski definition) is 1. The van der Waals surface area contributed by atoms with Gasteiger partial charge in [-0.3, -0.25) is 4.79 Å². The van der Waals surface area contributed by atoms with Crippen molar-refractivity contribution < 1.29 is 10.0 Å². The molecule has 4 aliphatic carbocycles. The lowest BCUT2D eigenvalue weighted by Crippen LogP contribution is -2.46. The molecule has 0 amide bonds. The summed E-state index contributed by atoms with van der Waals surface area (Å²) in [6, 6.07) is 8.58. The topological polar surface area (TPSA) is 49.7 Å². The first-order chi connectivity index (χ1) is 15.3. The summed E-state index contributed by atoms with van der Waals surface area (Å²) in [5.41, 5.74) is 7.49. The van der Waals surface area contributed by atoms with Crippen molar-refractivity contribution in [3.8, 4) is 0 Å². The number of allylic oxidation sites excluding steroid dienone is 4. The smallest absolute Gasteiger partial charge is 0.156 e. The van der Waals surface area contributed by atoms with Crippen molar-refractivity contribution in [1.29, 1.82) is 0 Å². The molecule has 172 valence electrons. The van der Waals surface area contributed by atoms with Gasteiger partial charge in [-0.2, -0.15) is 0 Å². The number of hydrogen-bond acceptors (Lipinski definition) is 3. The highest BCUT2D eigenvalue weighted by Gasteiger charge is 2.59. The molecule has 0 aromatic heterocycles. The third-order valence-corrected chi connectivity index (χ3v) is 9.30. The number of halogens is 2. The van der Waals surface area contributed by atoms with Gasteiger partial charge in [0.05, 0.1) is 6.21 Å². The predicted molar refractivity (Wildman–Crippen MR) is 148 cm³/mol. The fraction of sp³-hybridized carbons (Fsp3) is 0.556. The van der Waals surface area contributed by atoms with E-state index >= 15 is 0 Å². The number of carbonyl (C=O) groups excluding carboxylic acids is 1. The first-order valence-corrected chi connectivity index (χ1v) is 18.0. The van der Waals surface area contributed by atoms with Gasteiger partial charge in [0.25, 0.3) is 0 Å². The second-order valence-corrected chi connectivity index (χ2v) is 10.8. The largest absolute Gasteiger partial charge is 0.411 e. The Kier molecular flexibility index (Phi) is 7.26. The van der Waals surface area contributed by atoms with Crippen molar-refractivity contribution in [2.24, 2.45) is 27.8 Å². The Hall–Kier alpha value is -0.700. The zero-order chi connectivity index (χ0) is 23.1. The summed E-state index contributed by atoms with van der Waals surface area (Å²) < 4.78 is 0. The molecule has 4 atom stereocenters. The summed E-state index contributed by atoms with van der Waals surface area (Å²) in [6.07, 6.45) is 11.1. The van der Waals surface area contributed by atoms with Gasteiger partial charge in [0, 0.05) is 49.6 Å². The SMILES string of the molecule is CC1(C)CCC2C3CCC4=CC(=O)CCC4=C3[C@@H](c3ccc(/C=N/O)cc3)C[C@@]21C.II. The van der Waals surface area contributed by atoms with E-state index in [1.165, 1.54) is 48.6 Å². The Balaban J connectivity index is 0.00000119. The predicted octanol–water partition coefficient (Wildman–Crippen LogP) is 8.19. The molecule has 0 aliphatic heterocycles. The van der Waals surface area contributed by atoms with Crippen LogP contribution in [0.3, 0.4) is 0 Å². The molecule has 3 nitrogen and oxygen atoms in total. The Labute approximate surface area is 215 Å². The summed E-state index contributed by atoms with van der Waals surface area (Å²) in [6.45, 7) is 7.52. The molecular formula is C27H33I2NO2. The summed E-state index contributed by atoms with van der Waals surface area (Å²) in [5.74, 6) is 2.13. The fourth-order valence-electron chi connectivity index (χ4n) is 7.30. The van der Waals surface area contributed by atoms with Gasteiger partial charge in [0.2, 0.25) is 0 Å². The van der Waals surface area contributed by atoms with Crippen LogP contribution in [0.4, 0.5) is 0 Å². The lowest BCUT2D eigenvalue weighted by molar-refractivity contribution is -0.114. The molecule has 5 rings (SSSR count). The number of benzene rings is 1. The van der Waals surface area contributed by atoms with E-state index in [0.29, 0.717) is 34.9 Å². The molecule has 0 saturated heterocycles. The van der Waals surface area contributed by atoms with Crippen LogP contribution in [0.15, 0.2) is 52.2 Å². The van der Waals surface area contributed by atoms with Crippen molar-refractivity contribution in [2.45, 2.75) is 71.6 Å². The summed E-state index contributed by atoms with van der Waals surface area (Å²) in [5, 5.41) is 12.0. The molecule has 1 aromatic carbocycles. The van der Waals surface area contributed by atoms with Crippen LogP contribution >= 0.6 is 37.2 Å². The van der Waals surface area contributed by atoms with Crippen LogP contribution in [0.2, 0.25) is 0 Å². The number of carbonyl (C=O) groups is 1. The molecule has 1 aromatic rings. The zero-order valence-corrected chi connectivity index (χ0v) is 23.5. The number of rotatable bonds is 2. The minimum Gasteiger partial charge on any atom is -0.411 e. The van der Waals surface area contributed by atoms with Crippen LogP contribution in [0, 0.1) is 22.7 Å². The first kappa shape index (κ1) is 24.4. The van der Waals surface area contributed by atoms with Crippen molar-refractivity contribution in [1.82, 2.24) is 0 Å². The van der Waals surface area contributed by atoms with Crippen LogP contribution in [-0.2, 0) is 4.79 Å². The van der Waals surface area contributed by atoms with E-state index in [9.17, 15) is 4.79 Å². The molecule has 2 unspecified atom stereocenters. The number of ketones is 1. The zero-order valence-electron chi connectivity index (χ0n) is 19.2. The summed E-state index contributed by atoms with van der Waals surface area (Å²) in [4.78, 5) is 12.1. The van der Waals surface area contributed by atoms with Crippen LogP contribution < -0.4 is 0 Å². The molecule has 0 spiro atoms. The fourth-order valence-corrected chi connectivity index (χ4v) is 7.30. The third kappa shape index (κ3) is 4.03. The van der Waals surface area contributed by atoms with Gasteiger partial charge < -0.3 is 5.21 Å². The lowest BCUT2D eigenvalue weighted by atomic mass is 9.49. The Bertz CT molecular complexity index is 976. The van der Waals surface area contributed by atoms with Crippen molar-refractivity contribution in [3.05, 3.63) is 58.2 Å². The molecule has 2 saturated carbocycles. The molecule has 0 radical (unpaired) electrons. The van der Waals surface area contributed by atoms with Gasteiger partial charge in [-0.15, -0.1) is 0 Å². The van der Waals surface area contributed by atoms with E-state index in [0.717, 1.165) is 24.3 Å². The van der Waals surface area contributed by atoms with Crippen molar-refractivity contribution >= 4 is 49.2 Å². The van der Waals surface area contributed by atoms with Gasteiger partial charge in [0.15, 0.2) is 5.78 Å². The Morgan fingerprint density at radius 2 is 1.78 bits per heavy atom. The average Bonchev–Trinajstić information content (AvgIpc) is 3.03. The van der Waals surface area contributed by atoms with Gasteiger partial charge in [-0.05, 0) is 89.5 Å². The second-order valence-electron chi connectivity index (χ2n) is 10.8. The third-order valence-electron chi connectivity index (χ3n) is 9.30. The molecule has 1 N–H and O–H groups in total. The molecular weight excluding hydrogens is 624 g/mol. The van der Waals surface area contributed by atoms with Gasteiger partial charge in [-0.1, -0.05) is 55.8 Å². The number of nitrogens with zero attached hydrogens (tertiary/aromatic N) is 1. The van der Waals surface area contributed by atoms with E-state index < -0.39 is 0 Å². The highest BCUT2D eigenvalue weighted by atomic mass is 128. The Morgan fingerprint density at radius 1 is 1.06 bits per heavy atom. The minimum absolute atomic E-state index is 0.305. The monoisotopic (exact) mass is 657 g/mol. The van der Waals surface area contributed by atoms with Crippen LogP contribution in [0.5, 0.6) is 0 Å². The van der Waals surface area contributed by atoms with E-state index in [1.54, 1.807) is 5.57 Å². The van der Waals surface area contributed by atoms with Crippen LogP contribution in [0.25, 0.3) is 0 Å². The van der Waals surface area contributed by atoms with E-state index in [1.807, 2.05) is 6.08 Å². The van der Waals surface area contributed by atoms with Crippen LogP contribution in [0.1, 0.15) is 82.8 Å². The van der Waals surface area contributed by atoms with E-state index in [-0.39, 0.29) is 0 Å². The standard InChI is InChI=1S/C27H33NO2.I2/c1-26(2)13-12-24-22-10-8-19-14-20(29)9-11-21(19)25(22)23(15-27(24,26)3)18-6-4-17(5-7-18)16-28-30;1-2/h4-7,14,16,22-24,30H,8-13,15H2,1-3H3;/b28-16+;/t22?,23-,24?,27+;/m1./s1. The highest BCUT2D eigenvalue weighted by molar-refractivity contribution is 15.0. The van der Waals surface area contributed by atoms with E-state index in [4.69, 9.17) is 5.21 Å². The molecule has 4 aliphatic rings. The minimum atomic E-state index is 0.305. The maximum atomic E-state index is 12.1. The van der Waals surface area contributed by atoms with E-state index in [2.05, 4.69) is 87.4 Å². The normalized spacial score (nSPS) is 33.1. The maximum absolute atomic E-state index is 12.1. The maximum Gasteiger partial charge on any atom is 0.156 e. The van der Waals surface area contributed by atoms with Crippen LogP contribution in [-0.4, -0.2) is 17.2 Å². The molecule has 2 fully saturated rings. The number of oxime groups is 1. The van der Waals surface area contributed by atoms with Gasteiger partial charge >= 0.3 is 0 Å². The number of fused-ring (bicyclic) bond motifs is 4. The molecule has 5 heteroatoms. The summed E-state index contributed by atoms with van der Waals surface area (Å²) >= 11 is 4.24. The quantitative estimate of drug-likeness (QED) is 0.151. The van der Waals surface area contributed by atoms with Crippen molar-refractivity contribution in [2.75, 3.05) is 0 Å². The summed E-state index contributed by atoms with van der Waals surface area (Å²) in [7, 11) is 0. The first-order valence-electron chi connectivity index (χ1n) is 11.7. The van der Waals surface area contributed by atoms with Crippen molar-refractivity contribution in [3.63, 3.8) is 0 Å². The molecule has 0 heterocycles. The Morgan fingerprint density at radius 3 is 2.47 bits per heavy atom.